The Morgan fingerprint density at radius 1 is 1.00 bits per heavy atom. The molecule has 8 heteroatoms. The molecule has 1 amide bonds. The van der Waals surface area contributed by atoms with Crippen molar-refractivity contribution in [1.82, 2.24) is 4.90 Å². The van der Waals surface area contributed by atoms with Gasteiger partial charge in [-0.2, -0.15) is 13.2 Å². The number of halogens is 3. The molecule has 2 aromatic carbocycles. The molecule has 0 aromatic heterocycles. The van der Waals surface area contributed by atoms with Crippen molar-refractivity contribution in [3.8, 4) is 5.75 Å². The van der Waals surface area contributed by atoms with E-state index in [-0.39, 0.29) is 11.7 Å². The first-order valence-electron chi connectivity index (χ1n) is 9.00. The van der Waals surface area contributed by atoms with Crippen LogP contribution < -0.4 is 10.2 Å². The number of carbonyl (C=O) groups excluding carboxylic acids is 1. The number of phenols is 1. The molecule has 1 heterocycles. The van der Waals surface area contributed by atoms with Crippen LogP contribution in [0.3, 0.4) is 0 Å². The van der Waals surface area contributed by atoms with Crippen LogP contribution in [0.25, 0.3) is 0 Å². The highest BCUT2D eigenvalue weighted by atomic mass is 19.4. The molecule has 1 aliphatic heterocycles. The summed E-state index contributed by atoms with van der Waals surface area (Å²) < 4.78 is 37.9. The molecule has 0 spiro atoms. The van der Waals surface area contributed by atoms with E-state index in [1.54, 1.807) is 19.1 Å². The molecule has 1 atom stereocenters. The number of hydrogen-bond acceptors (Lipinski definition) is 4. The predicted molar refractivity (Wildman–Crippen MR) is 101 cm³/mol. The lowest BCUT2D eigenvalue weighted by Crippen LogP contribution is -2.52. The lowest BCUT2D eigenvalue weighted by molar-refractivity contribution is -0.137. The van der Waals surface area contributed by atoms with Crippen LogP contribution in [-0.4, -0.2) is 48.1 Å². The van der Waals surface area contributed by atoms with Gasteiger partial charge in [0.25, 0.3) is 0 Å². The summed E-state index contributed by atoms with van der Waals surface area (Å²) in [6, 6.07) is 11.0. The maximum atomic E-state index is 12.6. The third-order valence-corrected chi connectivity index (χ3v) is 4.94. The standard InChI is InChI=1S/C20H22F3N3O2/c1-14(19(28)24-16-4-2-15(3-5-16)20(21,22)23)25-10-12-26(13-11-25)17-6-8-18(27)9-7-17/h2-9,14,27H,10-13H2,1H3,(H,24,28). The minimum Gasteiger partial charge on any atom is -0.508 e. The number of anilines is 2. The third kappa shape index (κ3) is 4.75. The number of aromatic hydroxyl groups is 1. The van der Waals surface area contributed by atoms with Gasteiger partial charge in [-0.05, 0) is 55.5 Å². The molecule has 150 valence electrons. The van der Waals surface area contributed by atoms with Gasteiger partial charge in [0, 0.05) is 37.6 Å². The predicted octanol–water partition coefficient (Wildman–Crippen LogP) is 3.56. The molecular weight excluding hydrogens is 371 g/mol. The number of benzene rings is 2. The fourth-order valence-electron chi connectivity index (χ4n) is 3.19. The smallest absolute Gasteiger partial charge is 0.416 e. The van der Waals surface area contributed by atoms with Crippen molar-refractivity contribution in [2.75, 3.05) is 36.4 Å². The number of alkyl halides is 3. The largest absolute Gasteiger partial charge is 0.508 e. The summed E-state index contributed by atoms with van der Waals surface area (Å²) in [7, 11) is 0. The van der Waals surface area contributed by atoms with Crippen LogP contribution in [0.15, 0.2) is 48.5 Å². The zero-order chi connectivity index (χ0) is 20.3. The van der Waals surface area contributed by atoms with Gasteiger partial charge in [0.15, 0.2) is 0 Å². The SMILES string of the molecule is CC(C(=O)Nc1ccc(C(F)(F)F)cc1)N1CCN(c2ccc(O)cc2)CC1. The number of carbonyl (C=O) groups is 1. The maximum Gasteiger partial charge on any atom is 0.416 e. The van der Waals surface area contributed by atoms with Gasteiger partial charge in [-0.25, -0.2) is 0 Å². The quantitative estimate of drug-likeness (QED) is 0.834. The fraction of sp³-hybridized carbons (Fsp3) is 0.350. The number of nitrogens with zero attached hydrogens (tertiary/aromatic N) is 2. The van der Waals surface area contributed by atoms with Gasteiger partial charge in [-0.15, -0.1) is 0 Å². The summed E-state index contributed by atoms with van der Waals surface area (Å²) in [5, 5.41) is 12.1. The number of nitrogens with one attached hydrogen (secondary N) is 1. The van der Waals surface area contributed by atoms with E-state index in [2.05, 4.69) is 10.2 Å². The van der Waals surface area contributed by atoms with Crippen molar-refractivity contribution < 1.29 is 23.1 Å². The van der Waals surface area contributed by atoms with Crippen LogP contribution in [-0.2, 0) is 11.0 Å². The van der Waals surface area contributed by atoms with Crippen LogP contribution in [0.5, 0.6) is 5.75 Å². The Hall–Kier alpha value is -2.74. The van der Waals surface area contributed by atoms with E-state index >= 15 is 0 Å². The molecule has 0 radical (unpaired) electrons. The van der Waals surface area contributed by atoms with Crippen LogP contribution in [0.4, 0.5) is 24.5 Å². The van der Waals surface area contributed by atoms with E-state index in [9.17, 15) is 23.1 Å². The average Bonchev–Trinajstić information content (AvgIpc) is 2.68. The van der Waals surface area contributed by atoms with Crippen molar-refractivity contribution in [3.63, 3.8) is 0 Å². The molecule has 5 nitrogen and oxygen atoms in total. The Bertz CT molecular complexity index is 799. The molecule has 1 fully saturated rings. The lowest BCUT2D eigenvalue weighted by Gasteiger charge is -2.38. The van der Waals surface area contributed by atoms with Gasteiger partial charge >= 0.3 is 6.18 Å². The summed E-state index contributed by atoms with van der Waals surface area (Å²) in [4.78, 5) is 16.7. The van der Waals surface area contributed by atoms with E-state index in [4.69, 9.17) is 0 Å². The summed E-state index contributed by atoms with van der Waals surface area (Å²) in [6.07, 6.45) is -4.40. The van der Waals surface area contributed by atoms with Crippen LogP contribution in [0.1, 0.15) is 12.5 Å². The van der Waals surface area contributed by atoms with Crippen molar-refractivity contribution >= 4 is 17.3 Å². The monoisotopic (exact) mass is 393 g/mol. The molecule has 1 unspecified atom stereocenters. The van der Waals surface area contributed by atoms with Crippen LogP contribution in [0, 0.1) is 0 Å². The molecule has 2 aromatic rings. The summed E-state index contributed by atoms with van der Waals surface area (Å²) in [5.74, 6) is -0.0335. The van der Waals surface area contributed by atoms with Crippen molar-refractivity contribution in [2.24, 2.45) is 0 Å². The molecule has 3 rings (SSSR count). The topological polar surface area (TPSA) is 55.8 Å². The highest BCUT2D eigenvalue weighted by Crippen LogP contribution is 2.30. The first kappa shape index (κ1) is 20.0. The highest BCUT2D eigenvalue weighted by molar-refractivity contribution is 5.94. The third-order valence-electron chi connectivity index (χ3n) is 4.94. The molecule has 0 bridgehead atoms. The summed E-state index contributed by atoms with van der Waals surface area (Å²) >= 11 is 0. The molecule has 2 N–H and O–H groups in total. The van der Waals surface area contributed by atoms with E-state index in [1.165, 1.54) is 12.1 Å². The molecular formula is C20H22F3N3O2. The Balaban J connectivity index is 1.53. The van der Waals surface area contributed by atoms with E-state index in [0.29, 0.717) is 18.8 Å². The first-order chi connectivity index (χ1) is 13.2. The summed E-state index contributed by atoms with van der Waals surface area (Å²) in [6.45, 7) is 4.63. The molecule has 0 saturated carbocycles. The fourth-order valence-corrected chi connectivity index (χ4v) is 3.19. The van der Waals surface area contributed by atoms with Gasteiger partial charge in [0.1, 0.15) is 5.75 Å². The van der Waals surface area contributed by atoms with Gasteiger partial charge in [-0.3, -0.25) is 9.69 Å². The minimum atomic E-state index is -4.40. The number of amides is 1. The van der Waals surface area contributed by atoms with Gasteiger partial charge in [0.05, 0.1) is 11.6 Å². The van der Waals surface area contributed by atoms with E-state index in [1.807, 2.05) is 17.0 Å². The van der Waals surface area contributed by atoms with Crippen molar-refractivity contribution in [3.05, 3.63) is 54.1 Å². The second kappa shape index (κ2) is 8.10. The lowest BCUT2D eigenvalue weighted by atomic mass is 10.1. The number of rotatable bonds is 4. The second-order valence-electron chi connectivity index (χ2n) is 6.78. The molecule has 28 heavy (non-hydrogen) atoms. The number of phenolic OH excluding ortho intramolecular Hbond substituents is 1. The van der Waals surface area contributed by atoms with Crippen LogP contribution in [0.2, 0.25) is 0 Å². The molecule has 0 aliphatic carbocycles. The summed E-state index contributed by atoms with van der Waals surface area (Å²) in [5.41, 5.74) is 0.607. The van der Waals surface area contributed by atoms with Gasteiger partial charge in [0.2, 0.25) is 5.91 Å². The Morgan fingerprint density at radius 3 is 2.11 bits per heavy atom. The van der Waals surface area contributed by atoms with Gasteiger partial charge < -0.3 is 15.3 Å². The molecule has 1 saturated heterocycles. The van der Waals surface area contributed by atoms with Gasteiger partial charge in [-0.1, -0.05) is 0 Å². The van der Waals surface area contributed by atoms with Crippen molar-refractivity contribution in [1.29, 1.82) is 0 Å². The Kier molecular flexibility index (Phi) is 5.79. The van der Waals surface area contributed by atoms with Crippen molar-refractivity contribution in [2.45, 2.75) is 19.1 Å². The number of hydrogen-bond donors (Lipinski definition) is 2. The maximum absolute atomic E-state index is 12.6. The Labute approximate surface area is 161 Å². The molecule has 1 aliphatic rings. The normalized spacial score (nSPS) is 16.6. The van der Waals surface area contributed by atoms with E-state index in [0.717, 1.165) is 30.9 Å². The zero-order valence-electron chi connectivity index (χ0n) is 15.4. The first-order valence-corrected chi connectivity index (χ1v) is 9.00. The van der Waals surface area contributed by atoms with Crippen LogP contribution >= 0.6 is 0 Å². The minimum absolute atomic E-state index is 0.218. The highest BCUT2D eigenvalue weighted by Gasteiger charge is 2.30. The Morgan fingerprint density at radius 2 is 1.57 bits per heavy atom. The average molecular weight is 393 g/mol. The second-order valence-corrected chi connectivity index (χ2v) is 6.78. The zero-order valence-corrected chi connectivity index (χ0v) is 15.4. The number of piperazine rings is 1. The van der Waals surface area contributed by atoms with E-state index < -0.39 is 17.8 Å².